The summed E-state index contributed by atoms with van der Waals surface area (Å²) in [6.07, 6.45) is 0. The Morgan fingerprint density at radius 2 is 2.05 bits per heavy atom. The van der Waals surface area contributed by atoms with Crippen molar-refractivity contribution in [2.75, 3.05) is 5.73 Å². The number of nitrogens with two attached hydrogens (primary N) is 1. The largest absolute Gasteiger partial charge is 0.398 e. The van der Waals surface area contributed by atoms with Crippen LogP contribution in [0, 0.1) is 6.92 Å². The van der Waals surface area contributed by atoms with Crippen LogP contribution in [0.2, 0.25) is 5.02 Å². The number of anilines is 1. The number of nitrogen functional groups attached to an aromatic ring is 1. The molecule has 0 saturated heterocycles. The number of rotatable bonds is 3. The summed E-state index contributed by atoms with van der Waals surface area (Å²) in [5.41, 5.74) is 9.65. The van der Waals surface area contributed by atoms with Gasteiger partial charge in [0.25, 0.3) is 0 Å². The van der Waals surface area contributed by atoms with Crippen molar-refractivity contribution in [3.63, 3.8) is 0 Å². The highest BCUT2D eigenvalue weighted by atomic mass is 35.5. The van der Waals surface area contributed by atoms with Crippen LogP contribution >= 0.6 is 11.6 Å². The first-order chi connectivity index (χ1) is 10.1. The van der Waals surface area contributed by atoms with Gasteiger partial charge in [-0.05, 0) is 46.7 Å². The summed E-state index contributed by atoms with van der Waals surface area (Å²) < 4.78 is 1.73. The van der Waals surface area contributed by atoms with Crippen LogP contribution in [0.15, 0.2) is 42.5 Å². The van der Waals surface area contributed by atoms with Crippen LogP contribution in [0.5, 0.6) is 0 Å². The topological polar surface area (TPSA) is 69.6 Å². The highest BCUT2D eigenvalue weighted by Crippen LogP contribution is 2.22. The Labute approximate surface area is 127 Å². The van der Waals surface area contributed by atoms with E-state index in [-0.39, 0.29) is 0 Å². The number of nitrogens with zero attached hydrogens (tertiary/aromatic N) is 4. The van der Waals surface area contributed by atoms with Gasteiger partial charge < -0.3 is 5.73 Å². The van der Waals surface area contributed by atoms with Crippen LogP contribution in [0.4, 0.5) is 5.69 Å². The molecule has 6 heteroatoms. The molecular weight excluding hydrogens is 286 g/mol. The quantitative estimate of drug-likeness (QED) is 0.755. The molecule has 0 radical (unpaired) electrons. The van der Waals surface area contributed by atoms with E-state index in [9.17, 15) is 0 Å². The summed E-state index contributed by atoms with van der Waals surface area (Å²) in [5.74, 6) is 0.682. The van der Waals surface area contributed by atoms with Crippen molar-refractivity contribution in [3.05, 3.63) is 58.6 Å². The second-order valence-corrected chi connectivity index (χ2v) is 5.30. The maximum atomic E-state index is 6.00. The molecule has 0 aliphatic rings. The minimum Gasteiger partial charge on any atom is -0.398 e. The molecule has 5 nitrogen and oxygen atoms in total. The molecule has 3 aromatic rings. The molecule has 1 heterocycles. The van der Waals surface area contributed by atoms with Gasteiger partial charge in [0.1, 0.15) is 0 Å². The van der Waals surface area contributed by atoms with Crippen LogP contribution in [0.1, 0.15) is 11.1 Å². The molecule has 3 rings (SSSR count). The summed E-state index contributed by atoms with van der Waals surface area (Å²) in [4.78, 5) is 0. The average Bonchev–Trinajstić information content (AvgIpc) is 2.90. The number of aryl methyl sites for hydroxylation is 1. The van der Waals surface area contributed by atoms with Gasteiger partial charge in [0.2, 0.25) is 0 Å². The van der Waals surface area contributed by atoms with E-state index in [0.29, 0.717) is 17.4 Å². The van der Waals surface area contributed by atoms with Crippen molar-refractivity contribution in [2.24, 2.45) is 0 Å². The number of benzene rings is 2. The van der Waals surface area contributed by atoms with Crippen molar-refractivity contribution in [1.29, 1.82) is 0 Å². The molecule has 0 spiro atoms. The van der Waals surface area contributed by atoms with E-state index in [1.165, 1.54) is 0 Å². The Bertz CT molecular complexity index is 781. The van der Waals surface area contributed by atoms with Gasteiger partial charge >= 0.3 is 0 Å². The molecule has 0 bridgehead atoms. The van der Waals surface area contributed by atoms with E-state index >= 15 is 0 Å². The third-order valence-electron chi connectivity index (χ3n) is 3.29. The van der Waals surface area contributed by atoms with Crippen LogP contribution in [-0.2, 0) is 6.54 Å². The maximum absolute atomic E-state index is 6.00. The smallest absolute Gasteiger partial charge is 0.182 e. The van der Waals surface area contributed by atoms with Crippen molar-refractivity contribution in [3.8, 4) is 11.4 Å². The second-order valence-electron chi connectivity index (χ2n) is 4.86. The lowest BCUT2D eigenvalue weighted by atomic mass is 10.1. The molecule has 0 saturated carbocycles. The predicted octanol–water partition coefficient (Wildman–Crippen LogP) is 2.93. The van der Waals surface area contributed by atoms with Crippen LogP contribution in [0.3, 0.4) is 0 Å². The first-order valence-electron chi connectivity index (χ1n) is 6.50. The first kappa shape index (κ1) is 13.6. The molecule has 2 N–H and O–H groups in total. The van der Waals surface area contributed by atoms with Crippen LogP contribution < -0.4 is 5.73 Å². The normalized spacial score (nSPS) is 10.8. The van der Waals surface area contributed by atoms with E-state index < -0.39 is 0 Å². The average molecular weight is 300 g/mol. The first-order valence-corrected chi connectivity index (χ1v) is 6.88. The Balaban J connectivity index is 1.95. The number of aromatic nitrogens is 4. The Morgan fingerprint density at radius 1 is 1.19 bits per heavy atom. The van der Waals surface area contributed by atoms with Crippen molar-refractivity contribution in [2.45, 2.75) is 13.5 Å². The lowest BCUT2D eigenvalue weighted by Crippen LogP contribution is -2.04. The molecule has 106 valence electrons. The monoisotopic (exact) mass is 299 g/mol. The van der Waals surface area contributed by atoms with Gasteiger partial charge in [-0.25, -0.2) is 4.68 Å². The minimum absolute atomic E-state index is 0.552. The fourth-order valence-electron chi connectivity index (χ4n) is 2.11. The second kappa shape index (κ2) is 5.54. The number of halogens is 1. The Hall–Kier alpha value is -2.40. The summed E-state index contributed by atoms with van der Waals surface area (Å²) in [6.45, 7) is 2.52. The summed E-state index contributed by atoms with van der Waals surface area (Å²) in [7, 11) is 0. The lowest BCUT2D eigenvalue weighted by molar-refractivity contribution is 0.653. The van der Waals surface area contributed by atoms with Gasteiger partial charge in [-0.3, -0.25) is 0 Å². The van der Waals surface area contributed by atoms with Gasteiger partial charge in [0, 0.05) is 16.3 Å². The van der Waals surface area contributed by atoms with Gasteiger partial charge in [0.15, 0.2) is 5.82 Å². The van der Waals surface area contributed by atoms with E-state index in [0.717, 1.165) is 22.4 Å². The fraction of sp³-hybridized carbons (Fsp3) is 0.133. The van der Waals surface area contributed by atoms with Gasteiger partial charge in [0.05, 0.1) is 6.54 Å². The third kappa shape index (κ3) is 2.87. The molecule has 0 unspecified atom stereocenters. The number of hydrogen-bond acceptors (Lipinski definition) is 4. The molecule has 1 aromatic heterocycles. The highest BCUT2D eigenvalue weighted by molar-refractivity contribution is 6.30. The molecular formula is C15H14ClN5. The lowest BCUT2D eigenvalue weighted by Gasteiger charge is -2.07. The zero-order valence-corrected chi connectivity index (χ0v) is 12.2. The third-order valence-corrected chi connectivity index (χ3v) is 3.53. The molecule has 0 atom stereocenters. The standard InChI is InChI=1S/C15H14ClN5/c1-10-5-6-12(8-14(10)17)15-18-19-20-21(15)9-11-3-2-4-13(16)7-11/h2-8H,9,17H2,1H3. The summed E-state index contributed by atoms with van der Waals surface area (Å²) in [5, 5.41) is 12.6. The van der Waals surface area contributed by atoms with E-state index in [1.807, 2.05) is 49.4 Å². The molecule has 2 aromatic carbocycles. The zero-order valence-electron chi connectivity index (χ0n) is 11.5. The Kier molecular flexibility index (Phi) is 3.58. The molecule has 21 heavy (non-hydrogen) atoms. The van der Waals surface area contributed by atoms with Gasteiger partial charge in [-0.15, -0.1) is 5.10 Å². The van der Waals surface area contributed by atoms with E-state index in [2.05, 4.69) is 15.5 Å². The molecule has 0 amide bonds. The minimum atomic E-state index is 0.552. The van der Waals surface area contributed by atoms with E-state index in [1.54, 1.807) is 4.68 Å². The van der Waals surface area contributed by atoms with Crippen LogP contribution in [-0.4, -0.2) is 20.2 Å². The van der Waals surface area contributed by atoms with Gasteiger partial charge in [-0.1, -0.05) is 35.9 Å². The van der Waals surface area contributed by atoms with Crippen LogP contribution in [0.25, 0.3) is 11.4 Å². The predicted molar refractivity (Wildman–Crippen MR) is 83.0 cm³/mol. The summed E-state index contributed by atoms with van der Waals surface area (Å²) >= 11 is 6.00. The fourth-order valence-corrected chi connectivity index (χ4v) is 2.32. The zero-order chi connectivity index (χ0) is 14.8. The number of hydrogen-bond donors (Lipinski definition) is 1. The molecule has 0 aliphatic carbocycles. The van der Waals surface area contributed by atoms with Crippen molar-refractivity contribution >= 4 is 17.3 Å². The Morgan fingerprint density at radius 3 is 2.81 bits per heavy atom. The molecule has 0 aliphatic heterocycles. The highest BCUT2D eigenvalue weighted by Gasteiger charge is 2.10. The van der Waals surface area contributed by atoms with Crippen molar-refractivity contribution in [1.82, 2.24) is 20.2 Å². The summed E-state index contributed by atoms with van der Waals surface area (Å²) in [6, 6.07) is 13.4. The maximum Gasteiger partial charge on any atom is 0.182 e. The number of tetrazole rings is 1. The molecule has 0 fully saturated rings. The van der Waals surface area contributed by atoms with Crippen molar-refractivity contribution < 1.29 is 0 Å². The van der Waals surface area contributed by atoms with Gasteiger partial charge in [-0.2, -0.15) is 0 Å². The van der Waals surface area contributed by atoms with E-state index in [4.69, 9.17) is 17.3 Å². The SMILES string of the molecule is Cc1ccc(-c2nnnn2Cc2cccc(Cl)c2)cc1N.